The van der Waals surface area contributed by atoms with Crippen LogP contribution >= 0.6 is 0 Å². The van der Waals surface area contributed by atoms with Crippen LogP contribution in [0.3, 0.4) is 0 Å². The molecule has 112 valence electrons. The minimum absolute atomic E-state index is 0.0446. The Labute approximate surface area is 129 Å². The summed E-state index contributed by atoms with van der Waals surface area (Å²) in [6, 6.07) is 10.9. The Morgan fingerprint density at radius 1 is 1.14 bits per heavy atom. The number of carbonyl (C=O) groups excluding carboxylic acids is 2. The van der Waals surface area contributed by atoms with Gasteiger partial charge in [0.05, 0.1) is 16.9 Å². The summed E-state index contributed by atoms with van der Waals surface area (Å²) in [5.74, 6) is -0.289. The molecule has 0 spiro atoms. The molecule has 0 N–H and O–H groups in total. The van der Waals surface area contributed by atoms with Gasteiger partial charge in [-0.05, 0) is 38.1 Å². The summed E-state index contributed by atoms with van der Waals surface area (Å²) in [6.07, 6.45) is 3.14. The van der Waals surface area contributed by atoms with Crippen molar-refractivity contribution >= 4 is 23.2 Å². The van der Waals surface area contributed by atoms with Gasteiger partial charge in [-0.1, -0.05) is 12.1 Å². The van der Waals surface area contributed by atoms with Crippen molar-refractivity contribution < 1.29 is 9.59 Å². The van der Waals surface area contributed by atoms with Gasteiger partial charge < -0.3 is 4.90 Å². The maximum atomic E-state index is 12.7. The Kier molecular flexibility index (Phi) is 3.63. The largest absolute Gasteiger partial charge is 0.306 e. The summed E-state index contributed by atoms with van der Waals surface area (Å²) in [7, 11) is 0. The molecule has 0 atom stereocenters. The highest BCUT2D eigenvalue weighted by atomic mass is 16.2. The quantitative estimate of drug-likeness (QED) is 0.855. The van der Waals surface area contributed by atoms with Crippen molar-refractivity contribution in [2.75, 3.05) is 16.3 Å². The summed E-state index contributed by atoms with van der Waals surface area (Å²) in [6.45, 7) is 3.98. The topological polar surface area (TPSA) is 53.5 Å². The van der Waals surface area contributed by atoms with Crippen LogP contribution in [-0.4, -0.2) is 29.4 Å². The summed E-state index contributed by atoms with van der Waals surface area (Å²) < 4.78 is 0. The van der Waals surface area contributed by atoms with Crippen LogP contribution in [0.25, 0.3) is 0 Å². The van der Waals surface area contributed by atoms with E-state index in [1.165, 1.54) is 11.1 Å². The smallest absolute Gasteiger partial charge is 0.260 e. The SMILES string of the molecule is CC(C)N1C(=O)CN(C(=O)c2cccnc2)c2ccccc21. The maximum absolute atomic E-state index is 12.7. The number of aromatic nitrogens is 1. The van der Waals surface area contributed by atoms with Crippen molar-refractivity contribution in [3.05, 3.63) is 54.4 Å². The number of rotatable bonds is 2. The van der Waals surface area contributed by atoms with Crippen molar-refractivity contribution in [1.29, 1.82) is 0 Å². The Morgan fingerprint density at radius 3 is 2.50 bits per heavy atom. The third kappa shape index (κ3) is 2.35. The second-order valence-corrected chi connectivity index (χ2v) is 5.48. The lowest BCUT2D eigenvalue weighted by atomic mass is 10.1. The van der Waals surface area contributed by atoms with Crippen LogP contribution in [0.1, 0.15) is 24.2 Å². The Hall–Kier alpha value is -2.69. The van der Waals surface area contributed by atoms with Gasteiger partial charge in [-0.25, -0.2) is 0 Å². The van der Waals surface area contributed by atoms with Gasteiger partial charge in [0.25, 0.3) is 5.91 Å². The number of nitrogens with zero attached hydrogens (tertiary/aromatic N) is 3. The monoisotopic (exact) mass is 295 g/mol. The van der Waals surface area contributed by atoms with E-state index in [1.807, 2.05) is 38.1 Å². The average Bonchev–Trinajstić information content (AvgIpc) is 2.53. The zero-order valence-corrected chi connectivity index (χ0v) is 12.6. The van der Waals surface area contributed by atoms with Crippen molar-refractivity contribution in [2.45, 2.75) is 19.9 Å². The number of pyridine rings is 1. The van der Waals surface area contributed by atoms with Crippen LogP contribution in [0.4, 0.5) is 11.4 Å². The highest BCUT2D eigenvalue weighted by molar-refractivity contribution is 6.15. The molecule has 22 heavy (non-hydrogen) atoms. The number of anilines is 2. The van der Waals surface area contributed by atoms with Crippen LogP contribution in [0.2, 0.25) is 0 Å². The zero-order chi connectivity index (χ0) is 15.7. The second-order valence-electron chi connectivity index (χ2n) is 5.48. The van der Waals surface area contributed by atoms with Crippen LogP contribution in [0, 0.1) is 0 Å². The third-order valence-electron chi connectivity index (χ3n) is 3.66. The molecule has 5 heteroatoms. The van der Waals surface area contributed by atoms with Crippen LogP contribution in [0.5, 0.6) is 0 Å². The van der Waals surface area contributed by atoms with Gasteiger partial charge in [-0.3, -0.25) is 19.5 Å². The van der Waals surface area contributed by atoms with Gasteiger partial charge in [0.1, 0.15) is 6.54 Å². The molecule has 3 rings (SSSR count). The van der Waals surface area contributed by atoms with E-state index < -0.39 is 0 Å². The van der Waals surface area contributed by atoms with E-state index >= 15 is 0 Å². The molecule has 0 bridgehead atoms. The predicted octanol–water partition coefficient (Wildman–Crippen LogP) is 2.48. The molecular formula is C17H17N3O2. The molecule has 0 aliphatic carbocycles. The van der Waals surface area contributed by atoms with E-state index in [-0.39, 0.29) is 24.4 Å². The molecule has 0 fully saturated rings. The molecule has 0 radical (unpaired) electrons. The normalized spacial score (nSPS) is 14.2. The van der Waals surface area contributed by atoms with Crippen LogP contribution in [-0.2, 0) is 4.79 Å². The number of hydrogen-bond acceptors (Lipinski definition) is 3. The van der Waals surface area contributed by atoms with Gasteiger partial charge >= 0.3 is 0 Å². The fourth-order valence-corrected chi connectivity index (χ4v) is 2.72. The first-order valence-corrected chi connectivity index (χ1v) is 7.22. The zero-order valence-electron chi connectivity index (χ0n) is 12.6. The van der Waals surface area contributed by atoms with E-state index in [9.17, 15) is 9.59 Å². The molecule has 0 unspecified atom stereocenters. The molecule has 0 saturated carbocycles. The molecular weight excluding hydrogens is 278 g/mol. The van der Waals surface area contributed by atoms with Crippen LogP contribution in [0.15, 0.2) is 48.8 Å². The number of hydrogen-bond donors (Lipinski definition) is 0. The van der Waals surface area contributed by atoms with Crippen molar-refractivity contribution in [1.82, 2.24) is 4.98 Å². The molecule has 1 aliphatic rings. The molecule has 2 heterocycles. The van der Waals surface area contributed by atoms with Crippen molar-refractivity contribution in [3.8, 4) is 0 Å². The lowest BCUT2D eigenvalue weighted by Crippen LogP contribution is -2.50. The Balaban J connectivity index is 2.05. The average molecular weight is 295 g/mol. The molecule has 2 amide bonds. The van der Waals surface area contributed by atoms with Crippen molar-refractivity contribution in [2.24, 2.45) is 0 Å². The molecule has 5 nitrogen and oxygen atoms in total. The second kappa shape index (κ2) is 5.60. The van der Waals surface area contributed by atoms with Crippen LogP contribution < -0.4 is 9.80 Å². The minimum atomic E-state index is -0.211. The lowest BCUT2D eigenvalue weighted by molar-refractivity contribution is -0.117. The first-order chi connectivity index (χ1) is 10.6. The van der Waals surface area contributed by atoms with Gasteiger partial charge in [0.2, 0.25) is 5.91 Å². The van der Waals surface area contributed by atoms with E-state index in [4.69, 9.17) is 0 Å². The highest BCUT2D eigenvalue weighted by Gasteiger charge is 2.33. The molecule has 1 aromatic carbocycles. The molecule has 2 aromatic rings. The van der Waals surface area contributed by atoms with E-state index in [0.29, 0.717) is 5.56 Å². The fourth-order valence-electron chi connectivity index (χ4n) is 2.72. The summed E-state index contributed by atoms with van der Waals surface area (Å²) in [5, 5.41) is 0. The number of amides is 2. The Morgan fingerprint density at radius 2 is 1.86 bits per heavy atom. The van der Waals surface area contributed by atoms with Crippen molar-refractivity contribution in [3.63, 3.8) is 0 Å². The summed E-state index contributed by atoms with van der Waals surface area (Å²) in [4.78, 5) is 32.4. The fraction of sp³-hybridized carbons (Fsp3) is 0.235. The van der Waals surface area contributed by atoms with Gasteiger partial charge in [0.15, 0.2) is 0 Å². The standard InChI is InChI=1S/C17H17N3O2/c1-12(2)20-15-8-4-3-7-14(15)19(11-16(20)21)17(22)13-6-5-9-18-10-13/h3-10,12H,11H2,1-2H3. The number of fused-ring (bicyclic) bond motifs is 1. The molecule has 1 aliphatic heterocycles. The number of carbonyl (C=O) groups is 2. The minimum Gasteiger partial charge on any atom is -0.306 e. The predicted molar refractivity (Wildman–Crippen MR) is 85.0 cm³/mol. The molecule has 0 saturated heterocycles. The highest BCUT2D eigenvalue weighted by Crippen LogP contribution is 2.35. The van der Waals surface area contributed by atoms with Gasteiger partial charge in [-0.15, -0.1) is 0 Å². The molecule has 1 aromatic heterocycles. The first-order valence-electron chi connectivity index (χ1n) is 7.22. The summed E-state index contributed by atoms with van der Waals surface area (Å²) in [5.41, 5.74) is 2.00. The lowest BCUT2D eigenvalue weighted by Gasteiger charge is -2.38. The Bertz CT molecular complexity index is 713. The number of benzene rings is 1. The van der Waals surface area contributed by atoms with E-state index in [0.717, 1.165) is 11.4 Å². The van der Waals surface area contributed by atoms with Gasteiger partial charge in [0, 0.05) is 18.4 Å². The first kappa shape index (κ1) is 14.3. The summed E-state index contributed by atoms with van der Waals surface area (Å²) >= 11 is 0. The van der Waals surface area contributed by atoms with E-state index in [2.05, 4.69) is 4.98 Å². The van der Waals surface area contributed by atoms with E-state index in [1.54, 1.807) is 23.2 Å². The number of para-hydroxylation sites is 2. The third-order valence-corrected chi connectivity index (χ3v) is 3.66. The maximum Gasteiger partial charge on any atom is 0.260 e. The van der Waals surface area contributed by atoms with Gasteiger partial charge in [-0.2, -0.15) is 0 Å².